The van der Waals surface area contributed by atoms with Crippen LogP contribution in [0.4, 0.5) is 11.5 Å². The molecule has 1 aromatic carbocycles. The highest BCUT2D eigenvalue weighted by molar-refractivity contribution is 6.06. The normalized spacial score (nSPS) is 17.7. The van der Waals surface area contributed by atoms with Crippen molar-refractivity contribution in [3.8, 4) is 0 Å². The van der Waals surface area contributed by atoms with Crippen molar-refractivity contribution < 1.29 is 9.59 Å². The summed E-state index contributed by atoms with van der Waals surface area (Å²) in [7, 11) is 0. The zero-order valence-corrected chi connectivity index (χ0v) is 13.9. The van der Waals surface area contributed by atoms with Gasteiger partial charge in [0, 0.05) is 24.7 Å². The van der Waals surface area contributed by atoms with Crippen LogP contribution in [0.2, 0.25) is 0 Å². The Morgan fingerprint density at radius 1 is 1.21 bits per heavy atom. The number of benzene rings is 1. The fourth-order valence-electron chi connectivity index (χ4n) is 3.66. The van der Waals surface area contributed by atoms with E-state index in [-0.39, 0.29) is 11.8 Å². The lowest BCUT2D eigenvalue weighted by Crippen LogP contribution is -2.52. The number of rotatable bonds is 2. The lowest BCUT2D eigenvalue weighted by atomic mass is 10.1. The van der Waals surface area contributed by atoms with Crippen molar-refractivity contribution in [2.45, 2.75) is 39.3 Å². The van der Waals surface area contributed by atoms with Gasteiger partial charge in [-0.05, 0) is 31.9 Å². The second-order valence-corrected chi connectivity index (χ2v) is 6.43. The van der Waals surface area contributed by atoms with Gasteiger partial charge in [-0.2, -0.15) is 5.10 Å². The molecule has 124 valence electrons. The van der Waals surface area contributed by atoms with E-state index in [4.69, 9.17) is 0 Å². The summed E-state index contributed by atoms with van der Waals surface area (Å²) in [5.74, 6) is 0.661. The van der Waals surface area contributed by atoms with Crippen LogP contribution in [0.15, 0.2) is 30.3 Å². The molecule has 4 rings (SSSR count). The molecule has 6 heteroatoms. The van der Waals surface area contributed by atoms with E-state index in [2.05, 4.69) is 11.2 Å². The van der Waals surface area contributed by atoms with Gasteiger partial charge in [0.05, 0.1) is 12.2 Å². The molecule has 6 nitrogen and oxygen atoms in total. The van der Waals surface area contributed by atoms with E-state index < -0.39 is 6.04 Å². The van der Waals surface area contributed by atoms with Crippen molar-refractivity contribution in [2.24, 2.45) is 0 Å². The zero-order valence-electron chi connectivity index (χ0n) is 13.9. The summed E-state index contributed by atoms with van der Waals surface area (Å²) in [5.41, 5.74) is 3.00. The van der Waals surface area contributed by atoms with E-state index in [1.54, 1.807) is 16.7 Å². The van der Waals surface area contributed by atoms with Gasteiger partial charge in [-0.25, -0.2) is 4.68 Å². The van der Waals surface area contributed by atoms with E-state index in [1.165, 1.54) is 5.56 Å². The zero-order chi connectivity index (χ0) is 16.8. The van der Waals surface area contributed by atoms with E-state index in [0.717, 1.165) is 23.6 Å². The molecular weight excluding hydrogens is 304 g/mol. The van der Waals surface area contributed by atoms with Gasteiger partial charge < -0.3 is 4.90 Å². The molecule has 0 radical (unpaired) electrons. The molecular formula is C18H20N4O2. The first-order valence-electron chi connectivity index (χ1n) is 8.32. The van der Waals surface area contributed by atoms with Crippen molar-refractivity contribution >= 4 is 23.3 Å². The Balaban J connectivity index is 1.65. The summed E-state index contributed by atoms with van der Waals surface area (Å²) in [5, 5.41) is 4.41. The fraction of sp³-hybridized carbons (Fsp3) is 0.389. The molecule has 2 aromatic rings. The monoisotopic (exact) mass is 324 g/mol. The van der Waals surface area contributed by atoms with Gasteiger partial charge in [-0.1, -0.05) is 18.2 Å². The predicted octanol–water partition coefficient (Wildman–Crippen LogP) is 1.91. The number of nitrogens with zero attached hydrogens (tertiary/aromatic N) is 4. The number of hydrogen-bond acceptors (Lipinski definition) is 3. The molecule has 0 saturated heterocycles. The Labute approximate surface area is 140 Å². The molecule has 1 unspecified atom stereocenters. The fourth-order valence-corrected chi connectivity index (χ4v) is 3.66. The highest BCUT2D eigenvalue weighted by Crippen LogP contribution is 2.30. The number of anilines is 2. The second kappa shape index (κ2) is 5.47. The number of hydrogen-bond donors (Lipinski definition) is 0. The second-order valence-electron chi connectivity index (χ2n) is 6.43. The molecule has 1 aromatic heterocycles. The van der Waals surface area contributed by atoms with Gasteiger partial charge in [0.1, 0.15) is 11.9 Å². The average molecular weight is 324 g/mol. The standard InChI is InChI=1S/C18H20N4O2/c1-12-11-16-21(19-12)10-8-17(23)22(16)13(2)18(24)20-9-7-14-5-3-4-6-15(14)20/h3-6,11,13H,7-10H2,1-2H3. The molecule has 2 aliphatic heterocycles. The topological polar surface area (TPSA) is 58.4 Å². The summed E-state index contributed by atoms with van der Waals surface area (Å²) in [6, 6.07) is 9.29. The Bertz CT molecular complexity index is 826. The summed E-state index contributed by atoms with van der Waals surface area (Å²) < 4.78 is 1.82. The predicted molar refractivity (Wildman–Crippen MR) is 91.0 cm³/mol. The molecule has 2 aliphatic rings. The number of aryl methyl sites for hydroxylation is 2. The molecule has 0 fully saturated rings. The summed E-state index contributed by atoms with van der Waals surface area (Å²) in [4.78, 5) is 29.0. The van der Waals surface area contributed by atoms with Gasteiger partial charge in [-0.15, -0.1) is 0 Å². The molecule has 2 amide bonds. The minimum Gasteiger partial charge on any atom is -0.310 e. The van der Waals surface area contributed by atoms with E-state index >= 15 is 0 Å². The van der Waals surface area contributed by atoms with Crippen LogP contribution < -0.4 is 9.80 Å². The SMILES string of the molecule is Cc1cc2n(n1)CCC(=O)N2C(C)C(=O)N1CCc2ccccc21. The molecule has 1 atom stereocenters. The number of carbonyl (C=O) groups excluding carboxylic acids is 2. The maximum atomic E-state index is 13.1. The van der Waals surface area contributed by atoms with Crippen molar-refractivity contribution in [1.82, 2.24) is 9.78 Å². The van der Waals surface area contributed by atoms with Gasteiger partial charge in [-0.3, -0.25) is 14.5 Å². The van der Waals surface area contributed by atoms with E-state index in [0.29, 0.717) is 19.5 Å². The van der Waals surface area contributed by atoms with Crippen LogP contribution in [0.25, 0.3) is 0 Å². The van der Waals surface area contributed by atoms with Crippen LogP contribution in [0.3, 0.4) is 0 Å². The first-order valence-corrected chi connectivity index (χ1v) is 8.32. The summed E-state index contributed by atoms with van der Waals surface area (Å²) in [6.07, 6.45) is 1.24. The van der Waals surface area contributed by atoms with Crippen LogP contribution in [-0.2, 0) is 22.6 Å². The Kier molecular flexibility index (Phi) is 3.40. The summed E-state index contributed by atoms with van der Waals surface area (Å²) >= 11 is 0. The third kappa shape index (κ3) is 2.21. The largest absolute Gasteiger partial charge is 0.310 e. The molecule has 3 heterocycles. The number of amides is 2. The highest BCUT2D eigenvalue weighted by atomic mass is 16.2. The van der Waals surface area contributed by atoms with Gasteiger partial charge >= 0.3 is 0 Å². The molecule has 0 spiro atoms. The number of aromatic nitrogens is 2. The van der Waals surface area contributed by atoms with Gasteiger partial charge in [0.15, 0.2) is 0 Å². The third-order valence-electron chi connectivity index (χ3n) is 4.83. The Morgan fingerprint density at radius 2 is 2.00 bits per heavy atom. The van der Waals surface area contributed by atoms with Crippen LogP contribution in [0.1, 0.15) is 24.6 Å². The molecule has 0 N–H and O–H groups in total. The van der Waals surface area contributed by atoms with Crippen molar-refractivity contribution in [3.63, 3.8) is 0 Å². The number of para-hydroxylation sites is 1. The smallest absolute Gasteiger partial charge is 0.249 e. The first-order chi connectivity index (χ1) is 11.6. The van der Waals surface area contributed by atoms with Gasteiger partial charge in [0.2, 0.25) is 11.8 Å². The Hall–Kier alpha value is -2.63. The van der Waals surface area contributed by atoms with Crippen LogP contribution in [0, 0.1) is 6.92 Å². The van der Waals surface area contributed by atoms with Crippen molar-refractivity contribution in [2.75, 3.05) is 16.3 Å². The lowest BCUT2D eigenvalue weighted by Gasteiger charge is -2.34. The first kappa shape index (κ1) is 14.9. The number of fused-ring (bicyclic) bond motifs is 2. The van der Waals surface area contributed by atoms with E-state index in [1.807, 2.05) is 35.9 Å². The lowest BCUT2D eigenvalue weighted by molar-refractivity contribution is -0.125. The average Bonchev–Trinajstić information content (AvgIpc) is 3.16. The van der Waals surface area contributed by atoms with E-state index in [9.17, 15) is 9.59 Å². The quantitative estimate of drug-likeness (QED) is 0.848. The minimum absolute atomic E-state index is 0.0178. The molecule has 0 aliphatic carbocycles. The maximum absolute atomic E-state index is 13.1. The summed E-state index contributed by atoms with van der Waals surface area (Å²) in [6.45, 7) is 4.95. The highest BCUT2D eigenvalue weighted by Gasteiger charge is 2.36. The van der Waals surface area contributed by atoms with Crippen molar-refractivity contribution in [1.29, 1.82) is 0 Å². The third-order valence-corrected chi connectivity index (χ3v) is 4.83. The van der Waals surface area contributed by atoms with Crippen LogP contribution in [0.5, 0.6) is 0 Å². The van der Waals surface area contributed by atoms with Gasteiger partial charge in [0.25, 0.3) is 0 Å². The molecule has 0 saturated carbocycles. The maximum Gasteiger partial charge on any atom is 0.249 e. The van der Waals surface area contributed by atoms with Crippen LogP contribution >= 0.6 is 0 Å². The molecule has 0 bridgehead atoms. The van der Waals surface area contributed by atoms with Crippen molar-refractivity contribution in [3.05, 3.63) is 41.6 Å². The number of carbonyl (C=O) groups is 2. The minimum atomic E-state index is -0.543. The molecule has 24 heavy (non-hydrogen) atoms. The Morgan fingerprint density at radius 3 is 2.83 bits per heavy atom. The van der Waals surface area contributed by atoms with Crippen LogP contribution in [-0.4, -0.2) is 34.2 Å².